The molecule has 0 fully saturated rings. The number of hydrogen-bond acceptors (Lipinski definition) is 5. The molecule has 2 N–H and O–H groups in total. The van der Waals surface area contributed by atoms with Gasteiger partial charge in [-0.15, -0.1) is 0 Å². The molecule has 0 bridgehead atoms. The van der Waals surface area contributed by atoms with E-state index < -0.39 is 23.5 Å². The number of rotatable bonds is 3. The molecular weight excluding hydrogens is 402 g/mol. The molecule has 1 heterocycles. The van der Waals surface area contributed by atoms with E-state index in [1.807, 2.05) is 19.1 Å². The quantitative estimate of drug-likeness (QED) is 0.492. The molecule has 31 heavy (non-hydrogen) atoms. The van der Waals surface area contributed by atoms with Crippen LogP contribution in [0.25, 0.3) is 0 Å². The Morgan fingerprint density at radius 1 is 1.10 bits per heavy atom. The van der Waals surface area contributed by atoms with Gasteiger partial charge < -0.3 is 15.2 Å². The van der Waals surface area contributed by atoms with Crippen LogP contribution in [0.2, 0.25) is 0 Å². The number of carbonyl (C=O) groups excluding carboxylic acids is 1. The summed E-state index contributed by atoms with van der Waals surface area (Å²) in [4.78, 5) is 12.4. The van der Waals surface area contributed by atoms with E-state index in [9.17, 15) is 18.8 Å². The van der Waals surface area contributed by atoms with Crippen LogP contribution in [0, 0.1) is 29.9 Å². The zero-order chi connectivity index (χ0) is 22.1. The smallest absolute Gasteiger partial charge is 0.343 e. The van der Waals surface area contributed by atoms with Crippen molar-refractivity contribution < 1.29 is 23.0 Å². The van der Waals surface area contributed by atoms with Gasteiger partial charge in [0, 0.05) is 23.3 Å². The standard InChI is InChI=1S/C24H16F2N2O3/c1-13-3-2-4-14(9-13)24(29)30-16-6-8-18-21(11-16)31-23(28)19(12-27)22(18)17-7-5-15(25)10-20(17)26/h2-11,22H,28H2,1H3/t22-/m0/s1. The summed E-state index contributed by atoms with van der Waals surface area (Å²) < 4.78 is 38.9. The number of hydrogen-bond donors (Lipinski definition) is 1. The normalized spacial score (nSPS) is 15.0. The van der Waals surface area contributed by atoms with Crippen molar-refractivity contribution in [3.8, 4) is 17.6 Å². The Labute approximate surface area is 176 Å². The van der Waals surface area contributed by atoms with E-state index >= 15 is 0 Å². The van der Waals surface area contributed by atoms with Gasteiger partial charge in [0.15, 0.2) is 0 Å². The molecule has 3 aromatic carbocycles. The highest BCUT2D eigenvalue weighted by Crippen LogP contribution is 2.44. The van der Waals surface area contributed by atoms with Gasteiger partial charge >= 0.3 is 5.97 Å². The molecule has 1 aliphatic rings. The number of nitrogens with zero attached hydrogens (tertiary/aromatic N) is 1. The third kappa shape index (κ3) is 3.83. The summed E-state index contributed by atoms with van der Waals surface area (Å²) in [5.74, 6) is -2.80. The van der Waals surface area contributed by atoms with Gasteiger partial charge in [0.05, 0.1) is 11.5 Å². The molecule has 5 nitrogen and oxygen atoms in total. The van der Waals surface area contributed by atoms with Gasteiger partial charge in [0.25, 0.3) is 0 Å². The number of allylic oxidation sites excluding steroid dienone is 1. The van der Waals surface area contributed by atoms with Crippen LogP contribution in [0.5, 0.6) is 11.5 Å². The predicted molar refractivity (Wildman–Crippen MR) is 108 cm³/mol. The van der Waals surface area contributed by atoms with Gasteiger partial charge in [0.2, 0.25) is 5.88 Å². The monoisotopic (exact) mass is 418 g/mol. The molecule has 0 spiro atoms. The number of benzene rings is 3. The second kappa shape index (κ2) is 7.92. The van der Waals surface area contributed by atoms with Gasteiger partial charge in [-0.2, -0.15) is 5.26 Å². The van der Waals surface area contributed by atoms with Crippen LogP contribution >= 0.6 is 0 Å². The summed E-state index contributed by atoms with van der Waals surface area (Å²) in [6.07, 6.45) is 0. The van der Waals surface area contributed by atoms with E-state index in [0.29, 0.717) is 11.1 Å². The lowest BCUT2D eigenvalue weighted by Crippen LogP contribution is -2.22. The van der Waals surface area contributed by atoms with Crippen molar-refractivity contribution in [2.45, 2.75) is 12.8 Å². The molecule has 0 amide bonds. The maximum atomic E-state index is 14.5. The van der Waals surface area contributed by atoms with Gasteiger partial charge in [-0.05, 0) is 31.2 Å². The fourth-order valence-corrected chi connectivity index (χ4v) is 3.49. The first-order chi connectivity index (χ1) is 14.9. The molecule has 3 aromatic rings. The van der Waals surface area contributed by atoms with Gasteiger partial charge in [-0.1, -0.05) is 29.8 Å². The van der Waals surface area contributed by atoms with Crippen molar-refractivity contribution in [3.63, 3.8) is 0 Å². The molecular formula is C24H16F2N2O3. The zero-order valence-corrected chi connectivity index (χ0v) is 16.4. The molecule has 4 rings (SSSR count). The number of halogens is 2. The molecule has 0 saturated heterocycles. The molecule has 7 heteroatoms. The second-order valence-corrected chi connectivity index (χ2v) is 7.05. The van der Waals surface area contributed by atoms with Crippen molar-refractivity contribution in [3.05, 3.63) is 106 Å². The molecule has 0 saturated carbocycles. The van der Waals surface area contributed by atoms with Crippen LogP contribution in [-0.2, 0) is 0 Å². The van der Waals surface area contributed by atoms with Crippen LogP contribution in [0.4, 0.5) is 8.78 Å². The van der Waals surface area contributed by atoms with Gasteiger partial charge in [-0.3, -0.25) is 0 Å². The second-order valence-electron chi connectivity index (χ2n) is 7.05. The maximum absolute atomic E-state index is 14.5. The number of fused-ring (bicyclic) bond motifs is 1. The van der Waals surface area contributed by atoms with Crippen LogP contribution in [0.3, 0.4) is 0 Å². The third-order valence-electron chi connectivity index (χ3n) is 4.93. The molecule has 0 aliphatic carbocycles. The molecule has 0 unspecified atom stereocenters. The zero-order valence-electron chi connectivity index (χ0n) is 16.4. The van der Waals surface area contributed by atoms with E-state index in [2.05, 4.69) is 0 Å². The summed E-state index contributed by atoms with van der Waals surface area (Å²) in [6.45, 7) is 1.86. The summed E-state index contributed by atoms with van der Waals surface area (Å²) in [6, 6.07) is 16.5. The first kappa shape index (κ1) is 20.1. The highest BCUT2D eigenvalue weighted by molar-refractivity contribution is 5.91. The van der Waals surface area contributed by atoms with Crippen molar-refractivity contribution in [2.75, 3.05) is 0 Å². The lowest BCUT2D eigenvalue weighted by atomic mass is 9.83. The maximum Gasteiger partial charge on any atom is 0.343 e. The summed E-state index contributed by atoms with van der Waals surface area (Å²) >= 11 is 0. The Bertz CT molecular complexity index is 1280. The molecule has 0 aromatic heterocycles. The lowest BCUT2D eigenvalue weighted by molar-refractivity contribution is 0.0734. The van der Waals surface area contributed by atoms with E-state index in [1.54, 1.807) is 24.3 Å². The van der Waals surface area contributed by atoms with Gasteiger partial charge in [0.1, 0.15) is 34.8 Å². The van der Waals surface area contributed by atoms with Crippen LogP contribution in [-0.4, -0.2) is 5.97 Å². The molecule has 1 aliphatic heterocycles. The topological polar surface area (TPSA) is 85.3 Å². The minimum absolute atomic E-state index is 0.00233. The summed E-state index contributed by atoms with van der Waals surface area (Å²) in [7, 11) is 0. The SMILES string of the molecule is Cc1cccc(C(=O)Oc2ccc3c(c2)OC(N)=C(C#N)[C@H]3c2ccc(F)cc2F)c1. The highest BCUT2D eigenvalue weighted by Gasteiger charge is 2.33. The number of carbonyl (C=O) groups is 1. The highest BCUT2D eigenvalue weighted by atomic mass is 19.1. The van der Waals surface area contributed by atoms with E-state index in [0.717, 1.165) is 17.7 Å². The first-order valence-corrected chi connectivity index (χ1v) is 9.32. The van der Waals surface area contributed by atoms with Crippen LogP contribution in [0.15, 0.2) is 72.1 Å². The van der Waals surface area contributed by atoms with Crippen LogP contribution < -0.4 is 15.2 Å². The molecule has 0 radical (unpaired) electrons. The predicted octanol–water partition coefficient (Wildman–Crippen LogP) is 4.71. The molecule has 154 valence electrons. The van der Waals surface area contributed by atoms with E-state index in [1.165, 1.54) is 18.2 Å². The Balaban J connectivity index is 1.72. The number of nitriles is 1. The van der Waals surface area contributed by atoms with E-state index in [-0.39, 0.29) is 28.5 Å². The average Bonchev–Trinajstić information content (AvgIpc) is 2.73. The van der Waals surface area contributed by atoms with Crippen molar-refractivity contribution >= 4 is 5.97 Å². The number of esters is 1. The average molecular weight is 418 g/mol. The van der Waals surface area contributed by atoms with Crippen molar-refractivity contribution in [1.29, 1.82) is 5.26 Å². The Morgan fingerprint density at radius 3 is 2.58 bits per heavy atom. The van der Waals surface area contributed by atoms with Gasteiger partial charge in [-0.25, -0.2) is 13.6 Å². The number of aryl methyl sites for hydroxylation is 1. The Kier molecular flexibility index (Phi) is 5.14. The fourth-order valence-electron chi connectivity index (χ4n) is 3.49. The van der Waals surface area contributed by atoms with Crippen LogP contribution in [0.1, 0.15) is 33.0 Å². The number of nitrogens with two attached hydrogens (primary N) is 1. The summed E-state index contributed by atoms with van der Waals surface area (Å²) in [5.41, 5.74) is 7.72. The fraction of sp³-hybridized carbons (Fsp3) is 0.0833. The first-order valence-electron chi connectivity index (χ1n) is 9.32. The van der Waals surface area contributed by atoms with Crippen molar-refractivity contribution in [2.24, 2.45) is 5.73 Å². The number of ether oxygens (including phenoxy) is 2. The van der Waals surface area contributed by atoms with E-state index in [4.69, 9.17) is 15.2 Å². The Hall–Kier alpha value is -4.18. The Morgan fingerprint density at radius 2 is 1.87 bits per heavy atom. The van der Waals surface area contributed by atoms with Crippen molar-refractivity contribution in [1.82, 2.24) is 0 Å². The summed E-state index contributed by atoms with van der Waals surface area (Å²) in [5, 5.41) is 9.55. The molecule has 1 atom stereocenters. The minimum Gasteiger partial charge on any atom is -0.440 e. The third-order valence-corrected chi connectivity index (χ3v) is 4.93. The lowest BCUT2D eigenvalue weighted by Gasteiger charge is -2.27. The minimum atomic E-state index is -0.893. The largest absolute Gasteiger partial charge is 0.440 e.